The summed E-state index contributed by atoms with van der Waals surface area (Å²) in [6.45, 7) is 9.01. The summed E-state index contributed by atoms with van der Waals surface area (Å²) in [6.07, 6.45) is 1.66. The number of carbonyl (C=O) groups excluding carboxylic acids is 1. The van der Waals surface area contributed by atoms with Gasteiger partial charge in [-0.15, -0.1) is 0 Å². The summed E-state index contributed by atoms with van der Waals surface area (Å²) < 4.78 is 0. The lowest BCUT2D eigenvalue weighted by Crippen LogP contribution is -2.32. The van der Waals surface area contributed by atoms with Gasteiger partial charge in [-0.05, 0) is 26.0 Å². The van der Waals surface area contributed by atoms with Gasteiger partial charge in [-0.2, -0.15) is 0 Å². The molecule has 0 spiro atoms. The fraction of sp³-hybridized carbons (Fsp3) is 0.429. The second kappa shape index (κ2) is 6.19. The standard InChI is InChI=1S/C14H21N3O/c1-6-17(10-11(2)3)14(18)12-7-8-15-13(9-12)16(4)5/h7-9H,2,6,10H2,1,3-5H3. The summed E-state index contributed by atoms with van der Waals surface area (Å²) >= 11 is 0. The van der Waals surface area contributed by atoms with Gasteiger partial charge in [0.15, 0.2) is 0 Å². The molecule has 1 aromatic heterocycles. The summed E-state index contributed by atoms with van der Waals surface area (Å²) in [5.41, 5.74) is 1.64. The fourth-order valence-corrected chi connectivity index (χ4v) is 1.63. The molecule has 0 saturated carbocycles. The molecule has 0 fully saturated rings. The zero-order valence-electron chi connectivity index (χ0n) is 11.6. The third kappa shape index (κ3) is 3.58. The minimum atomic E-state index is 0.0194. The molecule has 0 aliphatic rings. The molecular formula is C14H21N3O. The van der Waals surface area contributed by atoms with Crippen molar-refractivity contribution in [2.75, 3.05) is 32.1 Å². The summed E-state index contributed by atoms with van der Waals surface area (Å²) in [7, 11) is 3.81. The van der Waals surface area contributed by atoms with Crippen LogP contribution in [-0.2, 0) is 0 Å². The van der Waals surface area contributed by atoms with Crippen LogP contribution in [0.5, 0.6) is 0 Å². The Morgan fingerprint density at radius 2 is 2.11 bits per heavy atom. The van der Waals surface area contributed by atoms with Crippen LogP contribution in [0, 0.1) is 0 Å². The highest BCUT2D eigenvalue weighted by Gasteiger charge is 2.15. The van der Waals surface area contributed by atoms with Gasteiger partial charge in [0.05, 0.1) is 0 Å². The Bertz CT molecular complexity index is 440. The molecule has 1 rings (SSSR count). The van der Waals surface area contributed by atoms with Gasteiger partial charge in [0.1, 0.15) is 5.82 Å². The van der Waals surface area contributed by atoms with Crippen LogP contribution in [0.15, 0.2) is 30.5 Å². The molecule has 1 amide bonds. The van der Waals surface area contributed by atoms with E-state index >= 15 is 0 Å². The van der Waals surface area contributed by atoms with E-state index in [4.69, 9.17) is 0 Å². The minimum absolute atomic E-state index is 0.0194. The van der Waals surface area contributed by atoms with Crippen molar-refractivity contribution in [1.29, 1.82) is 0 Å². The van der Waals surface area contributed by atoms with Crippen molar-refractivity contribution >= 4 is 11.7 Å². The van der Waals surface area contributed by atoms with E-state index in [2.05, 4.69) is 11.6 Å². The molecule has 0 aliphatic carbocycles. The average molecular weight is 247 g/mol. The van der Waals surface area contributed by atoms with E-state index in [1.165, 1.54) is 0 Å². The van der Waals surface area contributed by atoms with Crippen LogP contribution >= 0.6 is 0 Å². The van der Waals surface area contributed by atoms with E-state index in [1.807, 2.05) is 38.9 Å². The second-order valence-electron chi connectivity index (χ2n) is 4.57. The molecule has 4 heteroatoms. The first-order chi connectivity index (χ1) is 8.45. The van der Waals surface area contributed by atoms with Crippen LogP contribution in [0.4, 0.5) is 5.82 Å². The Labute approximate surface area is 109 Å². The normalized spacial score (nSPS) is 10.0. The van der Waals surface area contributed by atoms with E-state index in [1.54, 1.807) is 17.2 Å². The zero-order valence-corrected chi connectivity index (χ0v) is 11.6. The zero-order chi connectivity index (χ0) is 13.7. The number of hydrogen-bond acceptors (Lipinski definition) is 3. The maximum Gasteiger partial charge on any atom is 0.254 e. The van der Waals surface area contributed by atoms with Gasteiger partial charge in [-0.3, -0.25) is 4.79 Å². The van der Waals surface area contributed by atoms with E-state index in [-0.39, 0.29) is 5.91 Å². The molecule has 0 aromatic carbocycles. The van der Waals surface area contributed by atoms with Gasteiger partial charge in [0.25, 0.3) is 5.91 Å². The first-order valence-corrected chi connectivity index (χ1v) is 6.02. The number of carbonyl (C=O) groups is 1. The molecule has 0 unspecified atom stereocenters. The van der Waals surface area contributed by atoms with Crippen LogP contribution in [0.2, 0.25) is 0 Å². The topological polar surface area (TPSA) is 36.4 Å². The van der Waals surface area contributed by atoms with Crippen molar-refractivity contribution in [2.24, 2.45) is 0 Å². The number of likely N-dealkylation sites (N-methyl/N-ethyl adjacent to an activating group) is 1. The molecule has 98 valence electrons. The quantitative estimate of drug-likeness (QED) is 0.748. The SMILES string of the molecule is C=C(C)CN(CC)C(=O)c1ccnc(N(C)C)c1. The molecule has 1 heterocycles. The van der Waals surface area contributed by atoms with Crippen molar-refractivity contribution in [3.8, 4) is 0 Å². The molecule has 0 radical (unpaired) electrons. The first kappa shape index (κ1) is 14.2. The Balaban J connectivity index is 2.94. The van der Waals surface area contributed by atoms with Crippen LogP contribution in [0.1, 0.15) is 24.2 Å². The van der Waals surface area contributed by atoms with Gasteiger partial charge < -0.3 is 9.80 Å². The summed E-state index contributed by atoms with van der Waals surface area (Å²) in [4.78, 5) is 20.2. The number of anilines is 1. The third-order valence-electron chi connectivity index (χ3n) is 2.58. The number of hydrogen-bond donors (Lipinski definition) is 0. The molecule has 0 saturated heterocycles. The highest BCUT2D eigenvalue weighted by atomic mass is 16.2. The number of nitrogens with zero attached hydrogens (tertiary/aromatic N) is 3. The van der Waals surface area contributed by atoms with E-state index in [9.17, 15) is 4.79 Å². The molecule has 18 heavy (non-hydrogen) atoms. The predicted molar refractivity (Wildman–Crippen MR) is 75.0 cm³/mol. The van der Waals surface area contributed by atoms with Crippen molar-refractivity contribution in [2.45, 2.75) is 13.8 Å². The monoisotopic (exact) mass is 247 g/mol. The average Bonchev–Trinajstić information content (AvgIpc) is 2.35. The molecule has 0 N–H and O–H groups in total. The Morgan fingerprint density at radius 3 is 2.61 bits per heavy atom. The highest BCUT2D eigenvalue weighted by molar-refractivity contribution is 5.95. The Kier molecular flexibility index (Phi) is 4.89. The minimum Gasteiger partial charge on any atom is -0.363 e. The number of pyridine rings is 1. The van der Waals surface area contributed by atoms with Crippen LogP contribution in [-0.4, -0.2) is 43.0 Å². The third-order valence-corrected chi connectivity index (χ3v) is 2.58. The van der Waals surface area contributed by atoms with Crippen LogP contribution in [0.3, 0.4) is 0 Å². The van der Waals surface area contributed by atoms with Crippen molar-refractivity contribution in [3.05, 3.63) is 36.0 Å². The van der Waals surface area contributed by atoms with Gasteiger partial charge in [-0.1, -0.05) is 12.2 Å². The number of rotatable bonds is 5. The first-order valence-electron chi connectivity index (χ1n) is 6.02. The van der Waals surface area contributed by atoms with Crippen molar-refractivity contribution in [3.63, 3.8) is 0 Å². The number of aromatic nitrogens is 1. The Morgan fingerprint density at radius 1 is 1.44 bits per heavy atom. The highest BCUT2D eigenvalue weighted by Crippen LogP contribution is 2.12. The summed E-state index contributed by atoms with van der Waals surface area (Å²) in [6, 6.07) is 3.56. The largest absolute Gasteiger partial charge is 0.363 e. The lowest BCUT2D eigenvalue weighted by atomic mass is 10.2. The summed E-state index contributed by atoms with van der Waals surface area (Å²) in [5.74, 6) is 0.804. The molecule has 4 nitrogen and oxygen atoms in total. The molecular weight excluding hydrogens is 226 g/mol. The van der Waals surface area contributed by atoms with E-state index in [0.717, 1.165) is 11.4 Å². The van der Waals surface area contributed by atoms with Crippen molar-refractivity contribution in [1.82, 2.24) is 9.88 Å². The molecule has 0 atom stereocenters. The predicted octanol–water partition coefficient (Wildman–Crippen LogP) is 2.19. The van der Waals surface area contributed by atoms with Gasteiger partial charge in [0, 0.05) is 38.9 Å². The van der Waals surface area contributed by atoms with Crippen LogP contribution < -0.4 is 4.90 Å². The maximum absolute atomic E-state index is 12.3. The van der Waals surface area contributed by atoms with Gasteiger partial charge in [0.2, 0.25) is 0 Å². The van der Waals surface area contributed by atoms with Crippen molar-refractivity contribution < 1.29 is 4.79 Å². The van der Waals surface area contributed by atoms with E-state index < -0.39 is 0 Å². The molecule has 0 bridgehead atoms. The molecule has 1 aromatic rings. The lowest BCUT2D eigenvalue weighted by molar-refractivity contribution is 0.0778. The summed E-state index contributed by atoms with van der Waals surface area (Å²) in [5, 5.41) is 0. The van der Waals surface area contributed by atoms with E-state index in [0.29, 0.717) is 18.7 Å². The Hall–Kier alpha value is -1.84. The smallest absolute Gasteiger partial charge is 0.254 e. The second-order valence-corrected chi connectivity index (χ2v) is 4.57. The van der Waals surface area contributed by atoms with Gasteiger partial charge >= 0.3 is 0 Å². The van der Waals surface area contributed by atoms with Gasteiger partial charge in [-0.25, -0.2) is 4.98 Å². The molecule has 0 aliphatic heterocycles. The maximum atomic E-state index is 12.3. The van der Waals surface area contributed by atoms with Crippen LogP contribution in [0.25, 0.3) is 0 Å². The number of amides is 1. The lowest BCUT2D eigenvalue weighted by Gasteiger charge is -2.21. The fourth-order valence-electron chi connectivity index (χ4n) is 1.63.